The Hall–Kier alpha value is -1.75. The van der Waals surface area contributed by atoms with Gasteiger partial charge in [0.15, 0.2) is 0 Å². The first-order valence-corrected chi connectivity index (χ1v) is 6.08. The first-order valence-electron chi connectivity index (χ1n) is 6.08. The second kappa shape index (κ2) is 5.73. The van der Waals surface area contributed by atoms with Gasteiger partial charge in [0, 0.05) is 24.8 Å². The average Bonchev–Trinajstić information content (AvgIpc) is 2.80. The Morgan fingerprint density at radius 2 is 2.06 bits per heavy atom. The maximum Gasteiger partial charge on any atom is 0.251 e. The quantitative estimate of drug-likeness (QED) is 0.755. The fourth-order valence-electron chi connectivity index (χ4n) is 2.05. The molecule has 1 aromatic rings. The summed E-state index contributed by atoms with van der Waals surface area (Å²) in [4.78, 5) is 11.7. The van der Waals surface area contributed by atoms with Crippen LogP contribution in [0, 0.1) is 0 Å². The molecule has 0 bridgehead atoms. The van der Waals surface area contributed by atoms with E-state index in [0.29, 0.717) is 6.54 Å². The topological polar surface area (TPSA) is 78.8 Å². The number of ether oxygens (including phenoxy) is 1. The minimum Gasteiger partial charge on any atom is -0.508 e. The molecule has 0 radical (unpaired) electrons. The minimum atomic E-state index is -0.306. The van der Waals surface area contributed by atoms with Crippen LogP contribution >= 0.6 is 0 Å². The van der Waals surface area contributed by atoms with Crippen LogP contribution in [0.25, 0.3) is 0 Å². The van der Waals surface area contributed by atoms with E-state index in [0.717, 1.165) is 25.9 Å². The normalized spacial score (nSPS) is 18.8. The molecule has 0 spiro atoms. The maximum absolute atomic E-state index is 11.7. The number of benzene rings is 1. The van der Waals surface area contributed by atoms with Gasteiger partial charge in [0.05, 0.1) is 6.10 Å². The van der Waals surface area contributed by atoms with Crippen LogP contribution in [0.4, 0.5) is 0 Å². The van der Waals surface area contributed by atoms with Crippen molar-refractivity contribution < 1.29 is 19.7 Å². The monoisotopic (exact) mass is 251 g/mol. The molecule has 1 atom stereocenters. The Balaban J connectivity index is 1.83. The van der Waals surface area contributed by atoms with Crippen molar-refractivity contribution in [3.05, 3.63) is 23.8 Å². The zero-order valence-corrected chi connectivity index (χ0v) is 10.1. The van der Waals surface area contributed by atoms with Crippen LogP contribution in [0.5, 0.6) is 11.5 Å². The van der Waals surface area contributed by atoms with Crippen molar-refractivity contribution in [2.24, 2.45) is 0 Å². The van der Waals surface area contributed by atoms with E-state index in [9.17, 15) is 15.0 Å². The van der Waals surface area contributed by atoms with Gasteiger partial charge in [0.25, 0.3) is 5.91 Å². The van der Waals surface area contributed by atoms with Crippen LogP contribution in [-0.2, 0) is 4.74 Å². The summed E-state index contributed by atoms with van der Waals surface area (Å²) in [5.74, 6) is -0.558. The van der Waals surface area contributed by atoms with Crippen molar-refractivity contribution in [1.29, 1.82) is 0 Å². The number of aromatic hydroxyl groups is 2. The number of carbonyl (C=O) groups is 1. The van der Waals surface area contributed by atoms with Crippen molar-refractivity contribution >= 4 is 5.91 Å². The molecule has 1 aliphatic rings. The zero-order chi connectivity index (χ0) is 13.0. The molecule has 1 saturated heterocycles. The highest BCUT2D eigenvalue weighted by Gasteiger charge is 2.15. The van der Waals surface area contributed by atoms with E-state index in [1.807, 2.05) is 0 Å². The summed E-state index contributed by atoms with van der Waals surface area (Å²) in [5, 5.41) is 21.3. The van der Waals surface area contributed by atoms with E-state index < -0.39 is 0 Å². The number of amides is 1. The van der Waals surface area contributed by atoms with Gasteiger partial charge < -0.3 is 20.3 Å². The lowest BCUT2D eigenvalue weighted by atomic mass is 10.1. The molecule has 0 aliphatic carbocycles. The van der Waals surface area contributed by atoms with Gasteiger partial charge in [-0.15, -0.1) is 0 Å². The van der Waals surface area contributed by atoms with Gasteiger partial charge in [-0.05, 0) is 31.4 Å². The number of hydrogen-bond acceptors (Lipinski definition) is 4. The van der Waals surface area contributed by atoms with Crippen molar-refractivity contribution in [1.82, 2.24) is 5.32 Å². The number of phenols is 2. The van der Waals surface area contributed by atoms with Gasteiger partial charge in [0.1, 0.15) is 11.5 Å². The number of rotatable bonds is 4. The van der Waals surface area contributed by atoms with Crippen molar-refractivity contribution in [2.45, 2.75) is 25.4 Å². The van der Waals surface area contributed by atoms with Gasteiger partial charge in [-0.3, -0.25) is 4.79 Å². The molecule has 1 amide bonds. The molecule has 3 N–H and O–H groups in total. The SMILES string of the molecule is O=C(NCCC1CCCO1)c1cc(O)cc(O)c1. The number of hydrogen-bond donors (Lipinski definition) is 3. The molecule has 1 heterocycles. The highest BCUT2D eigenvalue weighted by Crippen LogP contribution is 2.20. The summed E-state index contributed by atoms with van der Waals surface area (Å²) in [7, 11) is 0. The molecule has 1 unspecified atom stereocenters. The predicted molar refractivity (Wildman–Crippen MR) is 65.7 cm³/mol. The van der Waals surface area contributed by atoms with Crippen molar-refractivity contribution in [2.75, 3.05) is 13.2 Å². The first-order chi connectivity index (χ1) is 8.65. The van der Waals surface area contributed by atoms with Gasteiger partial charge in [-0.2, -0.15) is 0 Å². The van der Waals surface area contributed by atoms with E-state index in [2.05, 4.69) is 5.32 Å². The largest absolute Gasteiger partial charge is 0.508 e. The average molecular weight is 251 g/mol. The Morgan fingerprint density at radius 3 is 2.67 bits per heavy atom. The van der Waals surface area contributed by atoms with Crippen molar-refractivity contribution in [3.63, 3.8) is 0 Å². The van der Waals surface area contributed by atoms with E-state index in [1.54, 1.807) is 0 Å². The van der Waals surface area contributed by atoms with Crippen LogP contribution in [0.1, 0.15) is 29.6 Å². The van der Waals surface area contributed by atoms with Crippen LogP contribution in [0.2, 0.25) is 0 Å². The Kier molecular flexibility index (Phi) is 4.04. The van der Waals surface area contributed by atoms with Gasteiger partial charge in [-0.25, -0.2) is 0 Å². The molecular weight excluding hydrogens is 234 g/mol. The third-order valence-corrected chi connectivity index (χ3v) is 2.94. The first kappa shape index (κ1) is 12.7. The molecule has 5 nitrogen and oxygen atoms in total. The summed E-state index contributed by atoms with van der Waals surface area (Å²) in [6, 6.07) is 3.82. The lowest BCUT2D eigenvalue weighted by Gasteiger charge is -2.10. The van der Waals surface area contributed by atoms with Crippen molar-refractivity contribution in [3.8, 4) is 11.5 Å². The fourth-order valence-corrected chi connectivity index (χ4v) is 2.05. The lowest BCUT2D eigenvalue weighted by Crippen LogP contribution is -2.26. The third-order valence-electron chi connectivity index (χ3n) is 2.94. The number of phenolic OH excluding ortho intramolecular Hbond substituents is 2. The highest BCUT2D eigenvalue weighted by atomic mass is 16.5. The van der Waals surface area contributed by atoms with E-state index in [1.165, 1.54) is 18.2 Å². The van der Waals surface area contributed by atoms with Crippen LogP contribution < -0.4 is 5.32 Å². The zero-order valence-electron chi connectivity index (χ0n) is 10.1. The van der Waals surface area contributed by atoms with E-state index >= 15 is 0 Å². The minimum absolute atomic E-state index is 0.126. The molecule has 18 heavy (non-hydrogen) atoms. The second-order valence-electron chi connectivity index (χ2n) is 4.42. The lowest BCUT2D eigenvalue weighted by molar-refractivity contribution is 0.0906. The predicted octanol–water partition coefficient (Wildman–Crippen LogP) is 1.40. The highest BCUT2D eigenvalue weighted by molar-refractivity contribution is 5.95. The Morgan fingerprint density at radius 1 is 1.33 bits per heavy atom. The molecular formula is C13H17NO4. The molecule has 98 valence electrons. The standard InChI is InChI=1S/C13H17NO4/c15-10-6-9(7-11(16)8-10)13(17)14-4-3-12-2-1-5-18-12/h6-8,12,15-16H,1-5H2,(H,14,17). The Bertz CT molecular complexity index is 407. The summed E-state index contributed by atoms with van der Waals surface area (Å²) < 4.78 is 5.45. The van der Waals surface area contributed by atoms with Gasteiger partial charge in [0.2, 0.25) is 0 Å². The van der Waals surface area contributed by atoms with Crippen LogP contribution in [0.15, 0.2) is 18.2 Å². The molecule has 5 heteroatoms. The van der Waals surface area contributed by atoms with E-state index in [4.69, 9.17) is 4.74 Å². The van der Waals surface area contributed by atoms with Crippen LogP contribution in [0.3, 0.4) is 0 Å². The smallest absolute Gasteiger partial charge is 0.251 e. The van der Waals surface area contributed by atoms with E-state index in [-0.39, 0.29) is 29.1 Å². The molecule has 0 aromatic heterocycles. The summed E-state index contributed by atoms with van der Waals surface area (Å²) in [5.41, 5.74) is 0.250. The Labute approximate surface area is 105 Å². The molecule has 1 fully saturated rings. The third kappa shape index (κ3) is 3.37. The second-order valence-corrected chi connectivity index (χ2v) is 4.42. The number of nitrogens with one attached hydrogen (secondary N) is 1. The molecule has 0 saturated carbocycles. The molecule has 2 rings (SSSR count). The van der Waals surface area contributed by atoms with Crippen LogP contribution in [-0.4, -0.2) is 35.4 Å². The van der Waals surface area contributed by atoms with Gasteiger partial charge in [-0.1, -0.05) is 0 Å². The summed E-state index contributed by atoms with van der Waals surface area (Å²) >= 11 is 0. The maximum atomic E-state index is 11.7. The molecule has 1 aromatic carbocycles. The number of carbonyl (C=O) groups excluding carboxylic acids is 1. The molecule has 1 aliphatic heterocycles. The summed E-state index contributed by atoms with van der Waals surface area (Å²) in [6.45, 7) is 1.33. The van der Waals surface area contributed by atoms with Gasteiger partial charge >= 0.3 is 0 Å². The summed E-state index contributed by atoms with van der Waals surface area (Å²) in [6.07, 6.45) is 3.15. The fraction of sp³-hybridized carbons (Fsp3) is 0.462.